The van der Waals surface area contributed by atoms with Crippen LogP contribution in [-0.2, 0) is 4.74 Å². The largest absolute Gasteiger partial charge is 0.379 e. The maximum atomic E-state index is 11.1. The summed E-state index contributed by atoms with van der Waals surface area (Å²) in [5.74, 6) is 0. The highest BCUT2D eigenvalue weighted by Crippen LogP contribution is 2.01. The molecule has 0 unspecified atom stereocenters. The minimum atomic E-state index is -0.460. The van der Waals surface area contributed by atoms with Gasteiger partial charge in [0.05, 0.1) is 23.9 Å². The lowest BCUT2D eigenvalue weighted by molar-refractivity contribution is 0.0389. The van der Waals surface area contributed by atoms with Crippen molar-refractivity contribution in [1.29, 1.82) is 0 Å². The van der Waals surface area contributed by atoms with Gasteiger partial charge in [-0.15, -0.1) is 0 Å². The maximum absolute atomic E-state index is 11.1. The van der Waals surface area contributed by atoms with Gasteiger partial charge in [0, 0.05) is 31.9 Å². The van der Waals surface area contributed by atoms with Gasteiger partial charge in [0.15, 0.2) is 5.11 Å². The Morgan fingerprint density at radius 2 is 2.05 bits per heavy atom. The van der Waals surface area contributed by atoms with Crippen molar-refractivity contribution in [2.75, 3.05) is 44.7 Å². The van der Waals surface area contributed by atoms with Crippen LogP contribution in [0.15, 0.2) is 28.2 Å². The van der Waals surface area contributed by atoms with E-state index in [0.717, 1.165) is 45.1 Å². The first-order valence-corrected chi connectivity index (χ1v) is 7.58. The molecule has 1 aromatic carbocycles. The summed E-state index contributed by atoms with van der Waals surface area (Å²) in [6.45, 7) is 5.22. The number of nitrogens with one attached hydrogen (secondary N) is 2. The smallest absolute Gasteiger partial charge is 0.368 e. The lowest BCUT2D eigenvalue weighted by atomic mass is 10.3. The molecule has 8 heteroatoms. The number of hydrogen-bond donors (Lipinski definition) is 2. The number of morpholine rings is 1. The van der Waals surface area contributed by atoms with Crippen LogP contribution in [0.1, 0.15) is 0 Å². The Labute approximate surface area is 133 Å². The van der Waals surface area contributed by atoms with Crippen molar-refractivity contribution < 1.29 is 9.53 Å². The third-order valence-corrected chi connectivity index (χ3v) is 3.73. The lowest BCUT2D eigenvalue weighted by Gasteiger charge is -2.26. The van der Waals surface area contributed by atoms with Gasteiger partial charge < -0.3 is 15.4 Å². The first-order chi connectivity index (χ1) is 10.7. The normalized spacial score (nSPS) is 17.4. The summed E-state index contributed by atoms with van der Waals surface area (Å²) in [4.78, 5) is 21.0. The zero-order chi connectivity index (χ0) is 15.4. The third kappa shape index (κ3) is 3.85. The van der Waals surface area contributed by atoms with Crippen LogP contribution in [0, 0.1) is 0 Å². The number of carbonyl (C=O) groups is 1. The van der Waals surface area contributed by atoms with Gasteiger partial charge in [-0.3, -0.25) is 4.90 Å². The van der Waals surface area contributed by atoms with Crippen molar-refractivity contribution in [2.24, 2.45) is 9.98 Å². The fraction of sp³-hybridized carbons (Fsp3) is 0.429. The molecule has 0 spiro atoms. The summed E-state index contributed by atoms with van der Waals surface area (Å²) in [6.07, 6.45) is 0. The van der Waals surface area contributed by atoms with E-state index >= 15 is 0 Å². The minimum absolute atomic E-state index is 0.460. The van der Waals surface area contributed by atoms with Crippen LogP contribution < -0.4 is 21.3 Å². The summed E-state index contributed by atoms with van der Waals surface area (Å²) in [7, 11) is 0. The van der Waals surface area contributed by atoms with Gasteiger partial charge in [-0.1, -0.05) is 0 Å². The number of amides is 2. The Morgan fingerprint density at radius 3 is 2.86 bits per heavy atom. The van der Waals surface area contributed by atoms with Crippen molar-refractivity contribution in [3.8, 4) is 0 Å². The van der Waals surface area contributed by atoms with E-state index in [4.69, 9.17) is 17.0 Å². The molecule has 0 aliphatic carbocycles. The van der Waals surface area contributed by atoms with Gasteiger partial charge in [0.2, 0.25) is 0 Å². The predicted octanol–water partition coefficient (Wildman–Crippen LogP) is -0.322. The summed E-state index contributed by atoms with van der Waals surface area (Å²) >= 11 is 5.27. The fourth-order valence-corrected chi connectivity index (χ4v) is 2.56. The summed E-state index contributed by atoms with van der Waals surface area (Å²) in [5.41, 5.74) is 0.788. The van der Waals surface area contributed by atoms with E-state index in [2.05, 4.69) is 25.5 Å². The number of benzene rings is 1. The number of fused-ring (bicyclic) bond motifs is 1. The zero-order valence-electron chi connectivity index (χ0n) is 12.0. The number of carbonyl (C=O) groups excluding carboxylic acids is 1. The summed E-state index contributed by atoms with van der Waals surface area (Å²) in [6, 6.07) is 4.88. The molecule has 1 fully saturated rings. The fourth-order valence-electron chi connectivity index (χ4n) is 2.34. The molecule has 22 heavy (non-hydrogen) atoms. The number of ether oxygens (including phenoxy) is 1. The molecule has 2 aliphatic rings. The average Bonchev–Trinajstić information content (AvgIpc) is 2.87. The topological polar surface area (TPSA) is 78.3 Å². The second kappa shape index (κ2) is 6.91. The maximum Gasteiger partial charge on any atom is 0.368 e. The Bertz CT molecular complexity index is 700. The number of thiocarbonyl (C=S) groups is 1. The molecule has 1 aromatic rings. The molecule has 1 saturated heterocycles. The van der Waals surface area contributed by atoms with E-state index in [1.54, 1.807) is 12.1 Å². The van der Waals surface area contributed by atoms with E-state index in [1.807, 2.05) is 6.07 Å². The number of anilines is 1. The van der Waals surface area contributed by atoms with Gasteiger partial charge in [0.25, 0.3) is 0 Å². The van der Waals surface area contributed by atoms with Crippen LogP contribution in [0.2, 0.25) is 0 Å². The second-order valence-corrected chi connectivity index (χ2v) is 5.45. The highest BCUT2D eigenvalue weighted by molar-refractivity contribution is 7.80. The molecule has 2 aliphatic heterocycles. The molecular weight excluding hydrogens is 302 g/mol. The molecule has 0 atom stereocenters. The van der Waals surface area contributed by atoms with E-state index in [-0.39, 0.29) is 0 Å². The molecule has 3 rings (SSSR count). The molecule has 2 heterocycles. The highest BCUT2D eigenvalue weighted by atomic mass is 32.1. The molecule has 0 saturated carbocycles. The molecule has 2 amide bonds. The van der Waals surface area contributed by atoms with Crippen molar-refractivity contribution >= 4 is 29.0 Å². The molecular formula is C14H17N5O2S. The average molecular weight is 319 g/mol. The van der Waals surface area contributed by atoms with Crippen molar-refractivity contribution in [3.05, 3.63) is 28.9 Å². The van der Waals surface area contributed by atoms with Crippen LogP contribution in [0.5, 0.6) is 0 Å². The van der Waals surface area contributed by atoms with E-state index < -0.39 is 6.03 Å². The third-order valence-electron chi connectivity index (χ3n) is 3.48. The number of hydrogen-bond acceptors (Lipinski definition) is 4. The van der Waals surface area contributed by atoms with E-state index in [0.29, 0.717) is 15.8 Å². The molecule has 7 nitrogen and oxygen atoms in total. The van der Waals surface area contributed by atoms with Gasteiger partial charge in [0.1, 0.15) is 0 Å². The van der Waals surface area contributed by atoms with Gasteiger partial charge in [-0.05, 0) is 30.4 Å². The number of rotatable bonds is 4. The van der Waals surface area contributed by atoms with E-state index in [1.165, 1.54) is 0 Å². The molecule has 116 valence electrons. The Hall–Kier alpha value is -1.90. The van der Waals surface area contributed by atoms with Crippen LogP contribution in [-0.4, -0.2) is 55.4 Å². The Morgan fingerprint density at radius 1 is 1.27 bits per heavy atom. The van der Waals surface area contributed by atoms with Gasteiger partial charge in [-0.25, -0.2) is 4.79 Å². The molecule has 0 radical (unpaired) electrons. The first kappa shape index (κ1) is 15.0. The van der Waals surface area contributed by atoms with Crippen molar-refractivity contribution in [3.63, 3.8) is 0 Å². The number of urea groups is 1. The van der Waals surface area contributed by atoms with Gasteiger partial charge in [-0.2, -0.15) is 9.98 Å². The van der Waals surface area contributed by atoms with Crippen LogP contribution in [0.3, 0.4) is 0 Å². The lowest BCUT2D eigenvalue weighted by Crippen LogP contribution is -2.42. The quantitative estimate of drug-likeness (QED) is 0.741. The molecule has 0 aromatic heterocycles. The number of nitrogens with zero attached hydrogens (tertiary/aromatic N) is 3. The van der Waals surface area contributed by atoms with Crippen molar-refractivity contribution in [2.45, 2.75) is 0 Å². The van der Waals surface area contributed by atoms with Crippen LogP contribution in [0.25, 0.3) is 0 Å². The molecule has 2 N–H and O–H groups in total. The highest BCUT2D eigenvalue weighted by Gasteiger charge is 2.10. The van der Waals surface area contributed by atoms with Crippen LogP contribution >= 0.6 is 12.2 Å². The minimum Gasteiger partial charge on any atom is -0.379 e. The second-order valence-electron chi connectivity index (χ2n) is 5.04. The summed E-state index contributed by atoms with van der Waals surface area (Å²) in [5, 5.41) is 7.98. The zero-order valence-corrected chi connectivity index (χ0v) is 12.9. The van der Waals surface area contributed by atoms with E-state index in [9.17, 15) is 4.79 Å². The Balaban J connectivity index is 1.48. The molecule has 0 bridgehead atoms. The monoisotopic (exact) mass is 319 g/mol. The van der Waals surface area contributed by atoms with Gasteiger partial charge >= 0.3 is 6.03 Å². The Kier molecular flexibility index (Phi) is 4.71. The first-order valence-electron chi connectivity index (χ1n) is 7.17. The standard InChI is InChI=1S/C14H17N5O2S/c20-13-17-11-2-1-10(9-12(11)18-13)16-14(22)15-3-4-19-5-7-21-8-6-19/h1-2,9H,3-8H2,(H2,15,16,22). The SMILES string of the molecule is O=C1N=c2ccc(NC(=S)NCCN3CCOCC3)cc2=N1. The predicted molar refractivity (Wildman–Crippen MR) is 85.6 cm³/mol. The summed E-state index contributed by atoms with van der Waals surface area (Å²) < 4.78 is 5.31. The van der Waals surface area contributed by atoms with Crippen LogP contribution in [0.4, 0.5) is 10.5 Å². The van der Waals surface area contributed by atoms with Crippen molar-refractivity contribution in [1.82, 2.24) is 10.2 Å².